The van der Waals surface area contributed by atoms with Gasteiger partial charge in [0.1, 0.15) is 24.0 Å². The van der Waals surface area contributed by atoms with E-state index in [1.165, 1.54) is 23.8 Å². The summed E-state index contributed by atoms with van der Waals surface area (Å²) in [7, 11) is -4.05. The van der Waals surface area contributed by atoms with Gasteiger partial charge in [0.25, 0.3) is 5.91 Å². The molecule has 63 heavy (non-hydrogen) atoms. The van der Waals surface area contributed by atoms with Crippen LogP contribution in [0.4, 0.5) is 4.79 Å². The van der Waals surface area contributed by atoms with E-state index in [0.717, 1.165) is 61.6 Å². The van der Waals surface area contributed by atoms with Gasteiger partial charge >= 0.3 is 6.09 Å². The van der Waals surface area contributed by atoms with Gasteiger partial charge in [-0.3, -0.25) is 14.4 Å². The monoisotopic (exact) mass is 888 g/mol. The lowest BCUT2D eigenvalue weighted by Gasteiger charge is -2.38. The lowest BCUT2D eigenvalue weighted by Crippen LogP contribution is -2.67. The lowest BCUT2D eigenvalue weighted by molar-refractivity contribution is -0.141. The molecule has 2 aromatic rings. The number of nitrogens with one attached hydrogen (secondary N) is 3. The molecule has 5 aliphatic rings. The first-order chi connectivity index (χ1) is 29.8. The van der Waals surface area contributed by atoms with Crippen LogP contribution in [0.25, 0.3) is 10.9 Å². The highest BCUT2D eigenvalue weighted by Crippen LogP contribution is 2.43. The van der Waals surface area contributed by atoms with Crippen molar-refractivity contribution < 1.29 is 41.8 Å². The second-order valence-corrected chi connectivity index (χ2v) is 21.9. The average molecular weight is 889 g/mol. The highest BCUT2D eigenvalue weighted by molar-refractivity contribution is 7.91. The Morgan fingerprint density at radius 1 is 1.10 bits per heavy atom. The van der Waals surface area contributed by atoms with Crippen LogP contribution in [0.1, 0.15) is 116 Å². The molecule has 6 atom stereocenters. The minimum Gasteiger partial charge on any atom is -0.492 e. The number of sulfonamides is 1. The number of amides is 4. The molecule has 0 bridgehead atoms. The Balaban J connectivity index is 1.14. The summed E-state index contributed by atoms with van der Waals surface area (Å²) in [6.07, 6.45) is 9.15. The number of carbonyl (C=O) groups excluding carboxylic acids is 4. The molecule has 15 nitrogen and oxygen atoms in total. The van der Waals surface area contributed by atoms with Crippen molar-refractivity contribution in [2.24, 2.45) is 23.0 Å². The molecule has 5 N–H and O–H groups in total. The molecule has 1 aliphatic heterocycles. The minimum absolute atomic E-state index is 0.0709. The predicted octanol–water partition coefficient (Wildman–Crippen LogP) is 5.11. The molecule has 4 amide bonds. The average Bonchev–Trinajstić information content (AvgIpc) is 4.14. The van der Waals surface area contributed by atoms with E-state index < -0.39 is 61.7 Å². The van der Waals surface area contributed by atoms with Gasteiger partial charge in [0.2, 0.25) is 27.7 Å². The number of hydrogen-bond acceptors (Lipinski definition) is 11. The maximum absolute atomic E-state index is 14.5. The zero-order valence-electron chi connectivity index (χ0n) is 37.3. The molecule has 6 unspecified atom stereocenters. The number of primary amides is 1. The number of aromatic nitrogens is 1. The third kappa shape index (κ3) is 10.9. The quantitative estimate of drug-likeness (QED) is 0.0694. The highest BCUT2D eigenvalue weighted by Gasteiger charge is 2.56. The summed E-state index contributed by atoms with van der Waals surface area (Å²) in [5.74, 6) is 4.22. The summed E-state index contributed by atoms with van der Waals surface area (Å²) in [6.45, 7) is 14.6. The number of fused-ring (bicyclic) bond motifs is 1. The fourth-order valence-corrected chi connectivity index (χ4v) is 9.75. The maximum atomic E-state index is 14.5. The molecule has 0 radical (unpaired) electrons. The minimum atomic E-state index is -4.05. The van der Waals surface area contributed by atoms with Gasteiger partial charge in [-0.05, 0) is 107 Å². The number of aryl methyl sites for hydroxylation is 1. The summed E-state index contributed by atoms with van der Waals surface area (Å²) >= 11 is 0. The van der Waals surface area contributed by atoms with Gasteiger partial charge < -0.3 is 35.5 Å². The van der Waals surface area contributed by atoms with Crippen molar-refractivity contribution in [3.05, 3.63) is 42.0 Å². The molecule has 1 saturated heterocycles. The summed E-state index contributed by atoms with van der Waals surface area (Å²) in [5.41, 5.74) is 5.44. The van der Waals surface area contributed by atoms with Gasteiger partial charge in [-0.25, -0.2) is 22.9 Å². The van der Waals surface area contributed by atoms with Gasteiger partial charge in [0.05, 0.1) is 34.9 Å². The topological polar surface area (TPSA) is 208 Å². The molecular weight excluding hydrogens is 825 g/mol. The molecule has 0 spiro atoms. The van der Waals surface area contributed by atoms with Gasteiger partial charge in [0.15, 0.2) is 5.54 Å². The van der Waals surface area contributed by atoms with E-state index in [-0.39, 0.29) is 31.4 Å². The second-order valence-electron chi connectivity index (χ2n) is 19.7. The number of nitrogens with two attached hydrogens (primary N) is 1. The molecule has 4 aliphatic carbocycles. The molecule has 3 saturated carbocycles. The molecule has 16 heteroatoms. The summed E-state index contributed by atoms with van der Waals surface area (Å²) in [4.78, 5) is 60.2. The third-order valence-corrected chi connectivity index (χ3v) is 15.0. The Kier molecular flexibility index (Phi) is 13.4. The SMILES string of the molecule is C=CC1C#CC1(NC(=O)C1CC(Oc2nc3cc(C)ccc3c(OCCCNC3CC3)c2CCCCCC2CC2OC(N)=O)CN1C(=O)CC(C)(C)C)C(=O)NS(=O)(=O)C1(C)CC1. The molecule has 7 rings (SSSR count). The van der Waals surface area contributed by atoms with Crippen molar-refractivity contribution in [1.29, 1.82) is 0 Å². The van der Waals surface area contributed by atoms with Crippen molar-refractivity contribution in [2.75, 3.05) is 19.7 Å². The number of nitrogens with zero attached hydrogens (tertiary/aromatic N) is 2. The second kappa shape index (κ2) is 18.3. The number of unbranched alkanes of at least 4 members (excludes halogenated alkanes) is 2. The van der Waals surface area contributed by atoms with Gasteiger partial charge in [-0.15, -0.1) is 6.58 Å². The molecule has 1 aromatic heterocycles. The Morgan fingerprint density at radius 3 is 2.51 bits per heavy atom. The molecule has 2 heterocycles. The van der Waals surface area contributed by atoms with E-state index in [1.807, 2.05) is 45.9 Å². The Hall–Kier alpha value is -4.88. The third-order valence-electron chi connectivity index (χ3n) is 12.8. The lowest BCUT2D eigenvalue weighted by atomic mass is 9.76. The first-order valence-corrected chi connectivity index (χ1v) is 24.1. The van der Waals surface area contributed by atoms with Crippen molar-refractivity contribution in [3.63, 3.8) is 0 Å². The van der Waals surface area contributed by atoms with Crippen LogP contribution in [-0.2, 0) is 35.6 Å². The van der Waals surface area contributed by atoms with Crippen LogP contribution in [-0.4, -0.2) is 96.4 Å². The van der Waals surface area contributed by atoms with E-state index >= 15 is 0 Å². The van der Waals surface area contributed by atoms with E-state index in [4.69, 9.17) is 24.9 Å². The van der Waals surface area contributed by atoms with Crippen molar-refractivity contribution in [2.45, 2.75) is 153 Å². The van der Waals surface area contributed by atoms with Crippen LogP contribution in [0.15, 0.2) is 30.9 Å². The summed E-state index contributed by atoms with van der Waals surface area (Å²) in [6, 6.07) is 5.57. The predicted molar refractivity (Wildman–Crippen MR) is 238 cm³/mol. The first kappa shape index (κ1) is 46.1. The standard InChI is InChI=1S/C47H64N6O9S/c1-7-31-18-19-47(31,43(56)52-63(58,59)46(6)20-21-46)51-41(55)37-26-33(28-53(37)39(54)27-45(3,4)5)61-42-35(13-10-8-9-12-30-25-38(30)62-44(48)57)40(60-23-11-22-49-32-15-16-32)34-17-14-29(2)24-36(34)50-42/h7,14,17,24,30-33,37-38,49H,1,8-13,15-16,20-23,25-28H2,2-6H3,(H2,48,57)(H,51,55)(H,52,56). The van der Waals surface area contributed by atoms with Gasteiger partial charge in [-0.1, -0.05) is 57.6 Å². The largest absolute Gasteiger partial charge is 0.492 e. The fourth-order valence-electron chi connectivity index (χ4n) is 8.46. The smallest absolute Gasteiger partial charge is 0.404 e. The van der Waals surface area contributed by atoms with Crippen LogP contribution in [0.5, 0.6) is 11.6 Å². The maximum Gasteiger partial charge on any atom is 0.404 e. The van der Waals surface area contributed by atoms with E-state index in [1.54, 1.807) is 6.92 Å². The van der Waals surface area contributed by atoms with Crippen molar-refractivity contribution in [1.82, 2.24) is 25.2 Å². The molecule has 342 valence electrons. The van der Waals surface area contributed by atoms with E-state index in [9.17, 15) is 27.6 Å². The number of benzene rings is 1. The first-order valence-electron chi connectivity index (χ1n) is 22.6. The van der Waals surface area contributed by atoms with Gasteiger partial charge in [0, 0.05) is 24.3 Å². The van der Waals surface area contributed by atoms with Crippen LogP contribution < -0.4 is 30.6 Å². The van der Waals surface area contributed by atoms with Crippen molar-refractivity contribution >= 4 is 44.7 Å². The number of ether oxygens (including phenoxy) is 3. The molecular formula is C47H64N6O9S. The zero-order valence-corrected chi connectivity index (χ0v) is 38.2. The number of rotatable bonds is 22. The van der Waals surface area contributed by atoms with Gasteiger partial charge in [-0.2, -0.15) is 0 Å². The van der Waals surface area contributed by atoms with Crippen LogP contribution >= 0.6 is 0 Å². The number of likely N-dealkylation sites (tertiary alicyclic amines) is 1. The van der Waals surface area contributed by atoms with Crippen molar-refractivity contribution in [3.8, 4) is 23.5 Å². The zero-order chi connectivity index (χ0) is 45.3. The van der Waals surface area contributed by atoms with E-state index in [0.29, 0.717) is 55.0 Å². The summed E-state index contributed by atoms with van der Waals surface area (Å²) < 4.78 is 46.1. The van der Waals surface area contributed by atoms with Crippen LogP contribution in [0.3, 0.4) is 0 Å². The highest BCUT2D eigenvalue weighted by atomic mass is 32.2. The van der Waals surface area contributed by atoms with Crippen LogP contribution in [0, 0.1) is 36.0 Å². The normalized spacial score (nSPS) is 25.5. The summed E-state index contributed by atoms with van der Waals surface area (Å²) in [5, 5.41) is 7.20. The molecule has 1 aromatic carbocycles. The van der Waals surface area contributed by atoms with E-state index in [2.05, 4.69) is 33.8 Å². The Labute approximate surface area is 371 Å². The van der Waals surface area contributed by atoms with Crippen LogP contribution in [0.2, 0.25) is 0 Å². The number of hydrogen-bond donors (Lipinski definition) is 4. The number of pyridine rings is 1. The Bertz CT molecular complexity index is 2290. The Morgan fingerprint density at radius 2 is 1.86 bits per heavy atom. The fraction of sp³-hybridized carbons (Fsp3) is 0.638. The molecule has 4 fully saturated rings. The number of carbonyl (C=O) groups is 4.